The fourth-order valence-corrected chi connectivity index (χ4v) is 4.66. The van der Waals surface area contributed by atoms with Crippen LogP contribution >= 0.6 is 0 Å². The van der Waals surface area contributed by atoms with Gasteiger partial charge in [-0.3, -0.25) is 9.78 Å². The summed E-state index contributed by atoms with van der Waals surface area (Å²) in [7, 11) is 0. The molecular weight excluding hydrogens is 518 g/mol. The molecule has 0 fully saturated rings. The highest BCUT2D eigenvalue weighted by Gasteiger charge is 2.27. The fourth-order valence-electron chi connectivity index (χ4n) is 4.66. The minimum Gasteiger partial charge on any atom is -0.508 e. The average molecular weight is 554 g/mol. The van der Waals surface area contributed by atoms with E-state index in [0.717, 1.165) is 16.7 Å². The molecule has 0 saturated carbocycles. The number of hydrogen-bond acceptors (Lipinski definition) is 6. The Morgan fingerprint density at radius 1 is 0.829 bits per heavy atom. The first kappa shape index (κ1) is 29.3. The van der Waals surface area contributed by atoms with Gasteiger partial charge in [-0.15, -0.1) is 0 Å². The van der Waals surface area contributed by atoms with Gasteiger partial charge in [0.15, 0.2) is 0 Å². The molecule has 1 aromatic heterocycles. The molecule has 4 N–H and O–H groups in total. The Balaban J connectivity index is 1.51. The monoisotopic (exact) mass is 553 g/mol. The van der Waals surface area contributed by atoms with Crippen molar-refractivity contribution in [3.05, 3.63) is 131 Å². The van der Waals surface area contributed by atoms with Crippen molar-refractivity contribution in [1.82, 2.24) is 15.6 Å². The number of alkyl carbamates (subject to hydrolysis) is 1. The van der Waals surface area contributed by atoms with E-state index in [4.69, 9.17) is 4.74 Å². The normalized spacial score (nSPS) is 13.0. The summed E-state index contributed by atoms with van der Waals surface area (Å²) in [5.41, 5.74) is 3.46. The predicted octanol–water partition coefficient (Wildman–Crippen LogP) is 4.73. The number of nitrogens with zero attached hydrogens (tertiary/aromatic N) is 1. The smallest absolute Gasteiger partial charge is 0.407 e. The summed E-state index contributed by atoms with van der Waals surface area (Å²) < 4.78 is 5.42. The molecule has 8 nitrogen and oxygen atoms in total. The maximum absolute atomic E-state index is 13.3. The Labute approximate surface area is 240 Å². The van der Waals surface area contributed by atoms with E-state index in [2.05, 4.69) is 15.6 Å². The summed E-state index contributed by atoms with van der Waals surface area (Å²) in [6, 6.07) is 26.4. The van der Waals surface area contributed by atoms with E-state index >= 15 is 0 Å². The number of phenols is 1. The number of rotatable bonds is 12. The molecule has 0 radical (unpaired) electrons. The number of amides is 2. The minimum absolute atomic E-state index is 0.0229. The second kappa shape index (κ2) is 14.6. The number of aromatic hydroxyl groups is 1. The van der Waals surface area contributed by atoms with Gasteiger partial charge in [0.25, 0.3) is 5.91 Å². The molecular formula is C33H35N3O5. The topological polar surface area (TPSA) is 121 Å². The summed E-state index contributed by atoms with van der Waals surface area (Å²) in [6.45, 7) is 1.74. The van der Waals surface area contributed by atoms with Crippen LogP contribution in [0.4, 0.5) is 4.79 Å². The van der Waals surface area contributed by atoms with Crippen molar-refractivity contribution in [2.24, 2.45) is 0 Å². The van der Waals surface area contributed by atoms with E-state index in [1.165, 1.54) is 6.07 Å². The summed E-state index contributed by atoms with van der Waals surface area (Å²) in [5.74, 6) is -0.378. The highest BCUT2D eigenvalue weighted by molar-refractivity contribution is 5.96. The van der Waals surface area contributed by atoms with E-state index < -0.39 is 30.2 Å². The van der Waals surface area contributed by atoms with Crippen LogP contribution in [0.3, 0.4) is 0 Å². The van der Waals surface area contributed by atoms with Gasteiger partial charge in [0, 0.05) is 35.1 Å². The molecule has 41 heavy (non-hydrogen) atoms. The van der Waals surface area contributed by atoms with Crippen molar-refractivity contribution in [1.29, 1.82) is 0 Å². The molecule has 0 saturated heterocycles. The van der Waals surface area contributed by atoms with Crippen LogP contribution in [0.15, 0.2) is 103 Å². The third-order valence-electron chi connectivity index (χ3n) is 6.89. The van der Waals surface area contributed by atoms with Crippen LogP contribution in [0.5, 0.6) is 5.75 Å². The lowest BCUT2D eigenvalue weighted by Crippen LogP contribution is -2.48. The minimum atomic E-state index is -1.01. The van der Waals surface area contributed by atoms with Crippen LogP contribution in [0, 0.1) is 6.92 Å². The molecule has 1 heterocycles. The molecule has 8 heteroatoms. The molecule has 0 unspecified atom stereocenters. The number of pyridine rings is 1. The zero-order valence-corrected chi connectivity index (χ0v) is 22.9. The van der Waals surface area contributed by atoms with Crippen LogP contribution in [-0.2, 0) is 24.2 Å². The Bertz CT molecular complexity index is 1400. The van der Waals surface area contributed by atoms with Gasteiger partial charge in [-0.25, -0.2) is 4.79 Å². The standard InChI is InChI=1S/C33H35N3O5/c1-23-28(15-8-16-30(23)37)32(39)36-29(19-25-12-6-3-7-13-25)31(38)20-27(18-24-10-4-2-5-11-24)35-33(40)41-22-26-14-9-17-34-21-26/h2-17,21,27,29,31,37-38H,18-20,22H2,1H3,(H,35,40)(H,36,39)/t27-,29-,31-/m0/s1. The molecule has 3 atom stereocenters. The van der Waals surface area contributed by atoms with E-state index in [0.29, 0.717) is 24.0 Å². The number of phenolic OH excluding ortho intramolecular Hbond substituents is 1. The first-order valence-corrected chi connectivity index (χ1v) is 13.6. The maximum Gasteiger partial charge on any atom is 0.407 e. The lowest BCUT2D eigenvalue weighted by atomic mass is 9.93. The van der Waals surface area contributed by atoms with E-state index in [-0.39, 0.29) is 18.8 Å². The SMILES string of the molecule is Cc1c(O)cccc1C(=O)N[C@@H](Cc1ccccc1)[C@@H](O)C[C@H](Cc1ccccc1)NC(=O)OCc1cccnc1. The highest BCUT2D eigenvalue weighted by Crippen LogP contribution is 2.21. The van der Waals surface area contributed by atoms with Crippen molar-refractivity contribution in [2.45, 2.75) is 51.0 Å². The van der Waals surface area contributed by atoms with Crippen LogP contribution in [0.1, 0.15) is 39.0 Å². The zero-order valence-electron chi connectivity index (χ0n) is 22.9. The van der Waals surface area contributed by atoms with Gasteiger partial charge in [-0.1, -0.05) is 72.8 Å². The van der Waals surface area contributed by atoms with Crippen molar-refractivity contribution >= 4 is 12.0 Å². The van der Waals surface area contributed by atoms with Crippen molar-refractivity contribution in [3.8, 4) is 5.75 Å². The number of ether oxygens (including phenoxy) is 1. The fraction of sp³-hybridized carbons (Fsp3) is 0.242. The molecule has 4 rings (SSSR count). The third-order valence-corrected chi connectivity index (χ3v) is 6.89. The Morgan fingerprint density at radius 3 is 2.15 bits per heavy atom. The van der Waals surface area contributed by atoms with Gasteiger partial charge in [0.05, 0.1) is 12.1 Å². The molecule has 212 valence electrons. The van der Waals surface area contributed by atoms with E-state index in [1.54, 1.807) is 37.5 Å². The number of hydrogen-bond donors (Lipinski definition) is 4. The average Bonchev–Trinajstić information content (AvgIpc) is 2.98. The molecule has 2 amide bonds. The van der Waals surface area contributed by atoms with Gasteiger partial charge >= 0.3 is 6.09 Å². The van der Waals surface area contributed by atoms with Gasteiger partial charge in [-0.05, 0) is 55.5 Å². The van der Waals surface area contributed by atoms with Crippen LogP contribution < -0.4 is 10.6 Å². The number of carbonyl (C=O) groups excluding carboxylic acids is 2. The number of aromatic nitrogens is 1. The van der Waals surface area contributed by atoms with Crippen LogP contribution in [0.25, 0.3) is 0 Å². The number of benzene rings is 3. The number of aliphatic hydroxyl groups excluding tert-OH is 1. The number of carbonyl (C=O) groups is 2. The first-order chi connectivity index (χ1) is 19.9. The molecule has 0 aliphatic rings. The van der Waals surface area contributed by atoms with Gasteiger partial charge in [-0.2, -0.15) is 0 Å². The van der Waals surface area contributed by atoms with Crippen LogP contribution in [0.2, 0.25) is 0 Å². The van der Waals surface area contributed by atoms with Gasteiger partial charge in [0.2, 0.25) is 0 Å². The third kappa shape index (κ3) is 8.91. The van der Waals surface area contributed by atoms with E-state index in [9.17, 15) is 19.8 Å². The van der Waals surface area contributed by atoms with Crippen LogP contribution in [-0.4, -0.2) is 45.4 Å². The Hall–Kier alpha value is -4.69. The number of nitrogens with one attached hydrogen (secondary N) is 2. The lowest BCUT2D eigenvalue weighted by Gasteiger charge is -2.28. The molecule has 0 spiro atoms. The Morgan fingerprint density at radius 2 is 1.49 bits per heavy atom. The highest BCUT2D eigenvalue weighted by atomic mass is 16.5. The molecule has 0 bridgehead atoms. The summed E-state index contributed by atoms with van der Waals surface area (Å²) >= 11 is 0. The molecule has 4 aromatic rings. The molecule has 0 aliphatic heterocycles. The molecule has 0 aliphatic carbocycles. The zero-order chi connectivity index (χ0) is 29.0. The summed E-state index contributed by atoms with van der Waals surface area (Å²) in [6.07, 6.45) is 2.64. The number of aliphatic hydroxyl groups is 1. The lowest BCUT2D eigenvalue weighted by molar-refractivity contribution is 0.0769. The van der Waals surface area contributed by atoms with Gasteiger partial charge in [0.1, 0.15) is 12.4 Å². The second-order valence-electron chi connectivity index (χ2n) is 9.99. The second-order valence-corrected chi connectivity index (χ2v) is 9.99. The summed E-state index contributed by atoms with van der Waals surface area (Å²) in [5, 5.41) is 27.5. The predicted molar refractivity (Wildman–Crippen MR) is 156 cm³/mol. The van der Waals surface area contributed by atoms with Crippen molar-refractivity contribution in [3.63, 3.8) is 0 Å². The van der Waals surface area contributed by atoms with Crippen molar-refractivity contribution in [2.75, 3.05) is 0 Å². The van der Waals surface area contributed by atoms with E-state index in [1.807, 2.05) is 66.7 Å². The quantitative estimate of drug-likeness (QED) is 0.201. The van der Waals surface area contributed by atoms with Crippen molar-refractivity contribution < 1.29 is 24.5 Å². The Kier molecular flexibility index (Phi) is 10.5. The molecule has 3 aromatic carbocycles. The first-order valence-electron chi connectivity index (χ1n) is 13.6. The summed E-state index contributed by atoms with van der Waals surface area (Å²) in [4.78, 5) is 30.1. The largest absolute Gasteiger partial charge is 0.508 e. The maximum atomic E-state index is 13.3. The van der Waals surface area contributed by atoms with Gasteiger partial charge < -0.3 is 25.6 Å².